The molecule has 0 aromatic rings. The summed E-state index contributed by atoms with van der Waals surface area (Å²) < 4.78 is 0. The first kappa shape index (κ1) is 18.8. The maximum absolute atomic E-state index is 5.59. The van der Waals surface area contributed by atoms with E-state index in [1.54, 1.807) is 0 Å². The summed E-state index contributed by atoms with van der Waals surface area (Å²) in [4.78, 5) is 5.21. The van der Waals surface area contributed by atoms with Gasteiger partial charge in [0.05, 0.1) is 18.1 Å². The molecule has 4 fully saturated rings. The molecule has 2 aliphatic heterocycles. The van der Waals surface area contributed by atoms with Gasteiger partial charge in [-0.1, -0.05) is 26.2 Å². The summed E-state index contributed by atoms with van der Waals surface area (Å²) in [6, 6.07) is 1.36. The molecular formula is C18H34N6OS. The smallest absolute Gasteiger partial charge is 0.166 e. The number of hydrogen-bond acceptors (Lipinski definition) is 6. The number of thiocarbonyl (C=S) groups is 1. The predicted molar refractivity (Wildman–Crippen MR) is 106 cm³/mol. The zero-order valence-electron chi connectivity index (χ0n) is 15.8. The number of hydrazine groups is 1. The monoisotopic (exact) mass is 382 g/mol. The van der Waals surface area contributed by atoms with Crippen LogP contribution in [0, 0.1) is 11.8 Å². The second-order valence-corrected chi connectivity index (χ2v) is 9.02. The van der Waals surface area contributed by atoms with Gasteiger partial charge in [-0.25, -0.2) is 9.95 Å². The normalized spacial score (nSPS) is 41.0. The molecule has 2 saturated heterocycles. The number of nitrogens with zero attached hydrogens (tertiary/aromatic N) is 1. The number of hydroxylamine groups is 2. The molecule has 8 heteroatoms. The van der Waals surface area contributed by atoms with E-state index in [9.17, 15) is 0 Å². The van der Waals surface area contributed by atoms with Crippen molar-refractivity contribution in [3.05, 3.63) is 0 Å². The quantitative estimate of drug-likeness (QED) is 0.457. The number of hydrogen-bond donors (Lipinski definition) is 5. The topological polar surface area (TPSA) is 72.6 Å². The molecule has 26 heavy (non-hydrogen) atoms. The molecule has 6 unspecified atom stereocenters. The summed E-state index contributed by atoms with van der Waals surface area (Å²) in [6.07, 6.45) is 9.04. The number of nitrogens with one attached hydrogen (secondary N) is 5. The highest BCUT2D eigenvalue weighted by atomic mass is 32.1. The lowest BCUT2D eigenvalue weighted by atomic mass is 9.80. The lowest BCUT2D eigenvalue weighted by Gasteiger charge is -2.33. The Morgan fingerprint density at radius 3 is 2.88 bits per heavy atom. The zero-order chi connectivity index (χ0) is 17.9. The fraction of sp³-hybridized carbons (Fsp3) is 0.944. The minimum absolute atomic E-state index is 0.287. The molecule has 7 nitrogen and oxygen atoms in total. The van der Waals surface area contributed by atoms with E-state index in [0.29, 0.717) is 18.1 Å². The average Bonchev–Trinajstić information content (AvgIpc) is 3.27. The fourth-order valence-corrected chi connectivity index (χ4v) is 5.36. The molecule has 4 aliphatic rings. The lowest BCUT2D eigenvalue weighted by molar-refractivity contribution is 0.00809. The summed E-state index contributed by atoms with van der Waals surface area (Å²) in [7, 11) is 0. The largest absolute Gasteiger partial charge is 0.358 e. The summed E-state index contributed by atoms with van der Waals surface area (Å²) in [6.45, 7) is 5.55. The summed E-state index contributed by atoms with van der Waals surface area (Å²) in [5, 5.41) is 10.2. The van der Waals surface area contributed by atoms with Gasteiger partial charge in [0, 0.05) is 25.7 Å². The van der Waals surface area contributed by atoms with Crippen molar-refractivity contribution in [1.82, 2.24) is 32.0 Å². The van der Waals surface area contributed by atoms with Crippen LogP contribution < -0.4 is 27.0 Å². The van der Waals surface area contributed by atoms with Crippen molar-refractivity contribution in [2.75, 3.05) is 19.6 Å². The van der Waals surface area contributed by atoms with Crippen molar-refractivity contribution in [3.8, 4) is 0 Å². The summed E-state index contributed by atoms with van der Waals surface area (Å²) in [5.41, 5.74) is 9.70. The maximum atomic E-state index is 5.59. The molecule has 4 rings (SSSR count). The molecule has 0 aromatic carbocycles. The van der Waals surface area contributed by atoms with Crippen LogP contribution in [0.25, 0.3) is 0 Å². The van der Waals surface area contributed by atoms with Crippen molar-refractivity contribution in [2.24, 2.45) is 11.8 Å². The minimum Gasteiger partial charge on any atom is -0.358 e. The fourth-order valence-electron chi connectivity index (χ4n) is 5.05. The average molecular weight is 383 g/mol. The Balaban J connectivity index is 1.20. The highest BCUT2D eigenvalue weighted by Gasteiger charge is 2.38. The van der Waals surface area contributed by atoms with E-state index >= 15 is 0 Å². The molecule has 0 spiro atoms. The van der Waals surface area contributed by atoms with Gasteiger partial charge in [-0.3, -0.25) is 5.43 Å². The molecule has 2 saturated carbocycles. The van der Waals surface area contributed by atoms with Gasteiger partial charge in [-0.05, 0) is 49.7 Å². The Morgan fingerprint density at radius 1 is 1.12 bits per heavy atom. The molecular weight excluding hydrogens is 348 g/mol. The van der Waals surface area contributed by atoms with Gasteiger partial charge in [0.15, 0.2) is 5.11 Å². The van der Waals surface area contributed by atoms with Gasteiger partial charge < -0.3 is 10.6 Å². The third-order valence-electron chi connectivity index (χ3n) is 6.70. The lowest BCUT2D eigenvalue weighted by Crippen LogP contribution is -2.57. The van der Waals surface area contributed by atoms with Crippen LogP contribution in [-0.2, 0) is 4.94 Å². The van der Waals surface area contributed by atoms with Gasteiger partial charge in [0.25, 0.3) is 0 Å². The molecule has 0 amide bonds. The van der Waals surface area contributed by atoms with Gasteiger partial charge in [-0.2, -0.15) is 11.0 Å². The molecule has 2 heterocycles. The van der Waals surface area contributed by atoms with Crippen LogP contribution in [0.3, 0.4) is 0 Å². The Labute approximate surface area is 162 Å². The third-order valence-corrected chi connectivity index (χ3v) is 6.94. The van der Waals surface area contributed by atoms with Crippen molar-refractivity contribution in [2.45, 2.75) is 76.0 Å². The van der Waals surface area contributed by atoms with Gasteiger partial charge in [0.2, 0.25) is 0 Å². The first-order valence-electron chi connectivity index (χ1n) is 10.4. The van der Waals surface area contributed by atoms with E-state index in [4.69, 9.17) is 17.2 Å². The van der Waals surface area contributed by atoms with E-state index in [1.165, 1.54) is 38.6 Å². The summed E-state index contributed by atoms with van der Waals surface area (Å²) >= 11 is 5.59. The number of rotatable bonds is 4. The second-order valence-electron chi connectivity index (χ2n) is 8.61. The van der Waals surface area contributed by atoms with Gasteiger partial charge in [0.1, 0.15) is 0 Å². The molecule has 0 bridgehead atoms. The highest BCUT2D eigenvalue weighted by Crippen LogP contribution is 2.30. The maximum Gasteiger partial charge on any atom is 0.166 e. The Hall–Kier alpha value is -0.510. The van der Waals surface area contributed by atoms with Crippen molar-refractivity contribution in [3.63, 3.8) is 0 Å². The second kappa shape index (κ2) is 8.67. The highest BCUT2D eigenvalue weighted by molar-refractivity contribution is 7.80. The Kier molecular flexibility index (Phi) is 6.28. The zero-order valence-corrected chi connectivity index (χ0v) is 16.6. The van der Waals surface area contributed by atoms with Crippen LogP contribution in [-0.4, -0.2) is 53.9 Å². The van der Waals surface area contributed by atoms with Crippen LogP contribution in [0.15, 0.2) is 0 Å². The Bertz CT molecular complexity index is 494. The van der Waals surface area contributed by atoms with Crippen molar-refractivity contribution >= 4 is 17.3 Å². The van der Waals surface area contributed by atoms with Crippen LogP contribution >= 0.6 is 12.2 Å². The van der Waals surface area contributed by atoms with Crippen LogP contribution in [0.1, 0.15) is 51.9 Å². The molecule has 6 atom stereocenters. The predicted octanol–water partition coefficient (Wildman–Crippen LogP) is 0.795. The van der Waals surface area contributed by atoms with Crippen LogP contribution in [0.5, 0.6) is 0 Å². The van der Waals surface area contributed by atoms with E-state index in [1.807, 2.05) is 0 Å². The van der Waals surface area contributed by atoms with Crippen molar-refractivity contribution < 1.29 is 4.94 Å². The van der Waals surface area contributed by atoms with E-state index in [0.717, 1.165) is 42.9 Å². The van der Waals surface area contributed by atoms with Gasteiger partial charge in [-0.15, -0.1) is 0 Å². The molecule has 0 radical (unpaired) electrons. The third kappa shape index (κ3) is 4.48. The number of fused-ring (bicyclic) bond motifs is 1. The first-order chi connectivity index (χ1) is 12.7. The standard InChI is InChI=1S/C18H34N6OS/c1-12-5-2-3-6-13(12)10-24-11-14(9-19-24)20-18(26)21-15-7-4-8-16-17(15)23-25-22-16/h12-17,19,22-23H,2-11H2,1H3,(H2,20,21,26). The molecule has 5 N–H and O–H groups in total. The van der Waals surface area contributed by atoms with Crippen molar-refractivity contribution in [1.29, 1.82) is 0 Å². The molecule has 148 valence electrons. The Morgan fingerprint density at radius 2 is 2.00 bits per heavy atom. The molecule has 2 aliphatic carbocycles. The van der Waals surface area contributed by atoms with Crippen LogP contribution in [0.2, 0.25) is 0 Å². The van der Waals surface area contributed by atoms with E-state index < -0.39 is 0 Å². The SMILES string of the molecule is CC1CCCCC1CN1CC(NC(=S)NC2CCCC3NONC32)CN1. The molecule has 0 aromatic heterocycles. The van der Waals surface area contributed by atoms with Gasteiger partial charge >= 0.3 is 0 Å². The minimum atomic E-state index is 0.287. The van der Waals surface area contributed by atoms with E-state index in [-0.39, 0.29) is 6.04 Å². The summed E-state index contributed by atoms with van der Waals surface area (Å²) in [5.74, 6) is 1.69. The van der Waals surface area contributed by atoms with Crippen LogP contribution in [0.4, 0.5) is 0 Å². The van der Waals surface area contributed by atoms with E-state index in [2.05, 4.69) is 39.0 Å². The first-order valence-corrected chi connectivity index (χ1v) is 10.8.